The number of benzene rings is 2. The molecule has 0 saturated carbocycles. The Balaban J connectivity index is 1.61. The molecule has 0 atom stereocenters. The Morgan fingerprint density at radius 3 is 2.38 bits per heavy atom. The van der Waals surface area contributed by atoms with E-state index in [4.69, 9.17) is 11.6 Å². The van der Waals surface area contributed by atoms with Crippen LogP contribution >= 0.6 is 11.6 Å². The SMILES string of the molecule is CC(=O)Nc1ccc(N(Cc2nnc3n2CCCCC3)C(=O)Nc2ccc(Cl)cc2)cc1. The Hall–Kier alpha value is -3.39. The fraction of sp³-hybridized carbons (Fsp3) is 0.304. The summed E-state index contributed by atoms with van der Waals surface area (Å²) in [5.41, 5.74) is 1.98. The number of carbonyl (C=O) groups is 2. The van der Waals surface area contributed by atoms with Crippen molar-refractivity contribution in [1.82, 2.24) is 14.8 Å². The Morgan fingerprint density at radius 1 is 0.969 bits per heavy atom. The molecule has 2 aromatic carbocycles. The van der Waals surface area contributed by atoms with Gasteiger partial charge in [0, 0.05) is 42.0 Å². The molecule has 9 heteroatoms. The predicted octanol–water partition coefficient (Wildman–Crippen LogP) is 4.86. The molecule has 0 radical (unpaired) electrons. The van der Waals surface area contributed by atoms with E-state index in [1.54, 1.807) is 53.4 Å². The molecular formula is C23H25ClN6O2. The van der Waals surface area contributed by atoms with Crippen LogP contribution in [-0.2, 0) is 24.3 Å². The fourth-order valence-electron chi connectivity index (χ4n) is 3.74. The van der Waals surface area contributed by atoms with Gasteiger partial charge in [0.15, 0.2) is 5.82 Å². The largest absolute Gasteiger partial charge is 0.326 e. The van der Waals surface area contributed by atoms with E-state index < -0.39 is 0 Å². The second kappa shape index (κ2) is 9.82. The minimum atomic E-state index is -0.300. The van der Waals surface area contributed by atoms with Gasteiger partial charge < -0.3 is 15.2 Å². The molecule has 1 aromatic heterocycles. The number of aryl methyl sites for hydroxylation is 1. The van der Waals surface area contributed by atoms with Gasteiger partial charge in [-0.1, -0.05) is 18.0 Å². The zero-order valence-corrected chi connectivity index (χ0v) is 18.6. The van der Waals surface area contributed by atoms with Crippen molar-refractivity contribution in [2.45, 2.75) is 45.7 Å². The normalized spacial score (nSPS) is 13.1. The van der Waals surface area contributed by atoms with E-state index in [1.807, 2.05) is 0 Å². The zero-order chi connectivity index (χ0) is 22.5. The van der Waals surface area contributed by atoms with Crippen molar-refractivity contribution >= 4 is 40.6 Å². The minimum Gasteiger partial charge on any atom is -0.326 e. The van der Waals surface area contributed by atoms with Crippen LogP contribution in [0.4, 0.5) is 21.9 Å². The van der Waals surface area contributed by atoms with Crippen molar-refractivity contribution in [3.05, 3.63) is 65.2 Å². The first kappa shape index (κ1) is 21.8. The van der Waals surface area contributed by atoms with E-state index in [0.29, 0.717) is 22.1 Å². The first-order chi connectivity index (χ1) is 15.5. The van der Waals surface area contributed by atoms with Crippen LogP contribution in [0.15, 0.2) is 48.5 Å². The summed E-state index contributed by atoms with van der Waals surface area (Å²) in [4.78, 5) is 26.2. The highest BCUT2D eigenvalue weighted by Crippen LogP contribution is 2.23. The summed E-state index contributed by atoms with van der Waals surface area (Å²) in [6, 6.07) is 13.8. The molecule has 166 valence electrons. The lowest BCUT2D eigenvalue weighted by Gasteiger charge is -2.23. The number of halogens is 1. The van der Waals surface area contributed by atoms with E-state index in [-0.39, 0.29) is 18.5 Å². The first-order valence-electron chi connectivity index (χ1n) is 10.6. The number of urea groups is 1. The van der Waals surface area contributed by atoms with Gasteiger partial charge in [0.2, 0.25) is 5.91 Å². The number of amides is 3. The fourth-order valence-corrected chi connectivity index (χ4v) is 3.86. The number of fused-ring (bicyclic) bond motifs is 1. The average molecular weight is 453 g/mol. The van der Waals surface area contributed by atoms with Gasteiger partial charge in [-0.3, -0.25) is 9.69 Å². The second-order valence-corrected chi connectivity index (χ2v) is 8.18. The molecule has 2 heterocycles. The molecule has 2 N–H and O–H groups in total. The Morgan fingerprint density at radius 2 is 1.66 bits per heavy atom. The van der Waals surface area contributed by atoms with Crippen LogP contribution in [0.25, 0.3) is 0 Å². The van der Waals surface area contributed by atoms with E-state index >= 15 is 0 Å². The molecule has 3 amide bonds. The molecule has 32 heavy (non-hydrogen) atoms. The van der Waals surface area contributed by atoms with E-state index in [2.05, 4.69) is 25.4 Å². The topological polar surface area (TPSA) is 92.2 Å². The Kier molecular flexibility index (Phi) is 6.70. The second-order valence-electron chi connectivity index (χ2n) is 7.75. The standard InChI is InChI=1S/C23H25ClN6O2/c1-16(31)25-18-10-12-20(13-11-18)30(23(32)26-19-8-6-17(24)7-9-19)15-22-28-27-21-5-3-2-4-14-29(21)22/h6-13H,2-5,14-15H2,1H3,(H,25,31)(H,26,32). The number of rotatable bonds is 5. The van der Waals surface area contributed by atoms with Gasteiger partial charge in [-0.2, -0.15) is 0 Å². The zero-order valence-electron chi connectivity index (χ0n) is 17.8. The average Bonchev–Trinajstić information content (AvgIpc) is 2.99. The minimum absolute atomic E-state index is 0.152. The summed E-state index contributed by atoms with van der Waals surface area (Å²) in [5.74, 6) is 1.57. The van der Waals surface area contributed by atoms with E-state index in [1.165, 1.54) is 6.92 Å². The third kappa shape index (κ3) is 5.26. The van der Waals surface area contributed by atoms with Gasteiger partial charge in [0.05, 0.1) is 6.54 Å². The van der Waals surface area contributed by atoms with Crippen LogP contribution in [0, 0.1) is 0 Å². The number of hydrogen-bond acceptors (Lipinski definition) is 4. The molecule has 0 aliphatic carbocycles. The number of carbonyl (C=O) groups excluding carboxylic acids is 2. The van der Waals surface area contributed by atoms with Gasteiger partial charge in [-0.05, 0) is 61.4 Å². The molecule has 0 saturated heterocycles. The monoisotopic (exact) mass is 452 g/mol. The smallest absolute Gasteiger partial charge is 0.326 e. The summed E-state index contributed by atoms with van der Waals surface area (Å²) in [5, 5.41) is 15.0. The van der Waals surface area contributed by atoms with Crippen LogP contribution in [0.3, 0.4) is 0 Å². The molecular weight excluding hydrogens is 428 g/mol. The maximum atomic E-state index is 13.3. The molecule has 3 aromatic rings. The van der Waals surface area contributed by atoms with Crippen molar-refractivity contribution in [2.75, 3.05) is 15.5 Å². The molecule has 0 spiro atoms. The van der Waals surface area contributed by atoms with Gasteiger partial charge in [-0.25, -0.2) is 4.79 Å². The summed E-state index contributed by atoms with van der Waals surface area (Å²) < 4.78 is 2.13. The van der Waals surface area contributed by atoms with Crippen LogP contribution in [-0.4, -0.2) is 26.7 Å². The molecule has 0 bridgehead atoms. The number of anilines is 3. The Bertz CT molecular complexity index is 1090. The highest BCUT2D eigenvalue weighted by molar-refractivity contribution is 6.30. The third-order valence-electron chi connectivity index (χ3n) is 5.33. The molecule has 8 nitrogen and oxygen atoms in total. The molecule has 1 aliphatic heterocycles. The molecule has 0 fully saturated rings. The summed E-state index contributed by atoms with van der Waals surface area (Å²) in [6.45, 7) is 2.58. The van der Waals surface area contributed by atoms with Crippen molar-refractivity contribution in [2.24, 2.45) is 0 Å². The van der Waals surface area contributed by atoms with Crippen molar-refractivity contribution in [1.29, 1.82) is 0 Å². The summed E-state index contributed by atoms with van der Waals surface area (Å²) >= 11 is 5.96. The van der Waals surface area contributed by atoms with Crippen LogP contribution in [0.1, 0.15) is 37.8 Å². The molecule has 0 unspecified atom stereocenters. The van der Waals surface area contributed by atoms with E-state index in [0.717, 1.165) is 43.9 Å². The maximum absolute atomic E-state index is 13.3. The number of hydrogen-bond donors (Lipinski definition) is 2. The van der Waals surface area contributed by atoms with Crippen molar-refractivity contribution < 1.29 is 9.59 Å². The van der Waals surface area contributed by atoms with Crippen LogP contribution in [0.5, 0.6) is 0 Å². The first-order valence-corrected chi connectivity index (χ1v) is 11.0. The molecule has 1 aliphatic rings. The lowest BCUT2D eigenvalue weighted by molar-refractivity contribution is -0.114. The highest BCUT2D eigenvalue weighted by atomic mass is 35.5. The van der Waals surface area contributed by atoms with Crippen molar-refractivity contribution in [3.8, 4) is 0 Å². The third-order valence-corrected chi connectivity index (χ3v) is 5.58. The van der Waals surface area contributed by atoms with E-state index in [9.17, 15) is 9.59 Å². The molecule has 4 rings (SSSR count). The summed E-state index contributed by atoms with van der Waals surface area (Å²) in [6.07, 6.45) is 4.23. The highest BCUT2D eigenvalue weighted by Gasteiger charge is 2.22. The Labute approximate surface area is 191 Å². The van der Waals surface area contributed by atoms with Crippen molar-refractivity contribution in [3.63, 3.8) is 0 Å². The van der Waals surface area contributed by atoms with Gasteiger partial charge >= 0.3 is 6.03 Å². The van der Waals surface area contributed by atoms with Crippen LogP contribution < -0.4 is 15.5 Å². The number of nitrogens with zero attached hydrogens (tertiary/aromatic N) is 4. The number of nitrogens with one attached hydrogen (secondary N) is 2. The maximum Gasteiger partial charge on any atom is 0.326 e. The van der Waals surface area contributed by atoms with Gasteiger partial charge in [0.1, 0.15) is 5.82 Å². The summed E-state index contributed by atoms with van der Waals surface area (Å²) in [7, 11) is 0. The van der Waals surface area contributed by atoms with Gasteiger partial charge in [0.25, 0.3) is 0 Å². The lowest BCUT2D eigenvalue weighted by Crippen LogP contribution is -2.35. The van der Waals surface area contributed by atoms with Crippen LogP contribution in [0.2, 0.25) is 5.02 Å². The number of aromatic nitrogens is 3. The van der Waals surface area contributed by atoms with Gasteiger partial charge in [-0.15, -0.1) is 10.2 Å². The quantitative estimate of drug-likeness (QED) is 0.578. The predicted molar refractivity (Wildman–Crippen MR) is 125 cm³/mol. The lowest BCUT2D eigenvalue weighted by atomic mass is 10.2.